The Morgan fingerprint density at radius 2 is 1.75 bits per heavy atom. The van der Waals surface area contributed by atoms with Crippen molar-refractivity contribution >= 4 is 11.9 Å². The molecule has 0 N–H and O–H groups in total. The van der Waals surface area contributed by atoms with Gasteiger partial charge in [-0.05, 0) is 12.8 Å². The first-order valence-electron chi connectivity index (χ1n) is 5.86. The van der Waals surface area contributed by atoms with Crippen molar-refractivity contribution in [1.29, 1.82) is 0 Å². The lowest BCUT2D eigenvalue weighted by atomic mass is 10.1. The van der Waals surface area contributed by atoms with Crippen LogP contribution in [-0.2, 0) is 19.1 Å². The smallest absolute Gasteiger partial charge is 0.303 e. The van der Waals surface area contributed by atoms with E-state index < -0.39 is 0 Å². The van der Waals surface area contributed by atoms with Gasteiger partial charge in [-0.15, -0.1) is 0 Å². The Hall–Kier alpha value is -1.06. The molecular weight excluding hydrogens is 208 g/mol. The van der Waals surface area contributed by atoms with Gasteiger partial charge in [-0.3, -0.25) is 9.59 Å². The van der Waals surface area contributed by atoms with Gasteiger partial charge < -0.3 is 9.47 Å². The second-order valence-electron chi connectivity index (χ2n) is 3.88. The molecule has 0 spiro atoms. The van der Waals surface area contributed by atoms with E-state index in [2.05, 4.69) is 6.92 Å². The summed E-state index contributed by atoms with van der Waals surface area (Å²) in [4.78, 5) is 21.5. The highest BCUT2D eigenvalue weighted by Gasteiger charge is 2.13. The molecule has 0 saturated carbocycles. The molecule has 94 valence electrons. The van der Waals surface area contributed by atoms with E-state index in [1.165, 1.54) is 26.7 Å². The molecule has 0 radical (unpaired) electrons. The molecule has 1 atom stereocenters. The molecule has 0 amide bonds. The number of carbonyl (C=O) groups is 2. The van der Waals surface area contributed by atoms with Crippen molar-refractivity contribution in [2.45, 2.75) is 59.0 Å². The van der Waals surface area contributed by atoms with E-state index in [9.17, 15) is 9.59 Å². The summed E-state index contributed by atoms with van der Waals surface area (Å²) in [6.45, 7) is 5.03. The van der Waals surface area contributed by atoms with Crippen LogP contribution in [0.25, 0.3) is 0 Å². The van der Waals surface area contributed by atoms with Crippen LogP contribution in [-0.4, -0.2) is 24.6 Å². The van der Waals surface area contributed by atoms with E-state index in [4.69, 9.17) is 9.47 Å². The van der Waals surface area contributed by atoms with Crippen LogP contribution in [0.4, 0.5) is 0 Å². The summed E-state index contributed by atoms with van der Waals surface area (Å²) in [5.41, 5.74) is 0. The van der Waals surface area contributed by atoms with E-state index in [1.54, 1.807) is 0 Å². The minimum absolute atomic E-state index is 0.168. The molecule has 1 unspecified atom stereocenters. The Bertz CT molecular complexity index is 213. The highest BCUT2D eigenvalue weighted by Crippen LogP contribution is 2.09. The predicted octanol–water partition coefficient (Wildman–Crippen LogP) is 2.45. The highest BCUT2D eigenvalue weighted by molar-refractivity contribution is 5.67. The molecule has 0 aromatic heterocycles. The standard InChI is InChI=1S/C12H22O4/c1-4-5-6-7-8-12(16-11(3)14)9-15-10(2)13/h12H,4-9H2,1-3H3. The summed E-state index contributed by atoms with van der Waals surface area (Å²) >= 11 is 0. The molecule has 16 heavy (non-hydrogen) atoms. The van der Waals surface area contributed by atoms with Crippen molar-refractivity contribution in [2.75, 3.05) is 6.61 Å². The normalized spacial score (nSPS) is 11.9. The molecule has 4 nitrogen and oxygen atoms in total. The first kappa shape index (κ1) is 14.9. The van der Waals surface area contributed by atoms with Gasteiger partial charge in [0.25, 0.3) is 0 Å². The molecule has 0 bridgehead atoms. The van der Waals surface area contributed by atoms with Crippen LogP contribution in [0, 0.1) is 0 Å². The maximum absolute atomic E-state index is 10.8. The minimum Gasteiger partial charge on any atom is -0.462 e. The number of unbranched alkanes of at least 4 members (excludes halogenated alkanes) is 3. The fourth-order valence-corrected chi connectivity index (χ4v) is 1.42. The molecule has 0 aromatic rings. The number of carbonyl (C=O) groups excluding carboxylic acids is 2. The van der Waals surface area contributed by atoms with Gasteiger partial charge in [0.2, 0.25) is 0 Å². The molecular formula is C12H22O4. The van der Waals surface area contributed by atoms with Crippen molar-refractivity contribution in [3.8, 4) is 0 Å². The van der Waals surface area contributed by atoms with Gasteiger partial charge in [0.1, 0.15) is 12.7 Å². The van der Waals surface area contributed by atoms with Crippen LogP contribution in [0.3, 0.4) is 0 Å². The molecule has 0 heterocycles. The Kier molecular flexibility index (Phi) is 8.58. The third-order valence-corrected chi connectivity index (χ3v) is 2.18. The Morgan fingerprint density at radius 3 is 2.25 bits per heavy atom. The number of hydrogen-bond acceptors (Lipinski definition) is 4. The lowest BCUT2D eigenvalue weighted by molar-refractivity contribution is -0.156. The van der Waals surface area contributed by atoms with Crippen LogP contribution in [0.1, 0.15) is 52.9 Å². The second-order valence-corrected chi connectivity index (χ2v) is 3.88. The molecule has 0 rings (SSSR count). The van der Waals surface area contributed by atoms with Crippen LogP contribution >= 0.6 is 0 Å². The molecule has 0 aliphatic carbocycles. The predicted molar refractivity (Wildman–Crippen MR) is 60.9 cm³/mol. The summed E-state index contributed by atoms with van der Waals surface area (Å²) in [7, 11) is 0. The van der Waals surface area contributed by atoms with Crippen LogP contribution < -0.4 is 0 Å². The molecule has 0 aliphatic heterocycles. The summed E-state index contributed by atoms with van der Waals surface area (Å²) in [6, 6.07) is 0. The number of esters is 2. The van der Waals surface area contributed by atoms with Crippen molar-refractivity contribution in [1.82, 2.24) is 0 Å². The zero-order valence-electron chi connectivity index (χ0n) is 10.5. The SMILES string of the molecule is CCCCCCC(COC(C)=O)OC(C)=O. The summed E-state index contributed by atoms with van der Waals surface area (Å²) in [6.07, 6.45) is 4.93. The number of rotatable bonds is 8. The van der Waals surface area contributed by atoms with Crippen LogP contribution in [0.2, 0.25) is 0 Å². The zero-order chi connectivity index (χ0) is 12.4. The monoisotopic (exact) mass is 230 g/mol. The number of hydrogen-bond donors (Lipinski definition) is 0. The Labute approximate surface area is 97.3 Å². The Morgan fingerprint density at radius 1 is 1.06 bits per heavy atom. The molecule has 0 fully saturated rings. The maximum Gasteiger partial charge on any atom is 0.303 e. The zero-order valence-corrected chi connectivity index (χ0v) is 10.5. The van der Waals surface area contributed by atoms with E-state index >= 15 is 0 Å². The van der Waals surface area contributed by atoms with Gasteiger partial charge in [-0.25, -0.2) is 0 Å². The van der Waals surface area contributed by atoms with Crippen molar-refractivity contribution in [3.63, 3.8) is 0 Å². The molecule has 0 aliphatic rings. The fraction of sp³-hybridized carbons (Fsp3) is 0.833. The number of ether oxygens (including phenoxy) is 2. The first-order valence-corrected chi connectivity index (χ1v) is 5.86. The molecule has 4 heteroatoms. The largest absolute Gasteiger partial charge is 0.462 e. The first-order chi connectivity index (χ1) is 7.56. The highest BCUT2D eigenvalue weighted by atomic mass is 16.6. The molecule has 0 aromatic carbocycles. The van der Waals surface area contributed by atoms with Gasteiger partial charge >= 0.3 is 11.9 Å². The third kappa shape index (κ3) is 9.49. The Balaban J connectivity index is 3.80. The molecule has 0 saturated heterocycles. The third-order valence-electron chi connectivity index (χ3n) is 2.18. The van der Waals surface area contributed by atoms with Crippen LogP contribution in [0.15, 0.2) is 0 Å². The summed E-state index contributed by atoms with van der Waals surface area (Å²) in [5, 5.41) is 0. The van der Waals surface area contributed by atoms with E-state index in [1.807, 2.05) is 0 Å². The minimum atomic E-state index is -0.342. The van der Waals surface area contributed by atoms with Crippen molar-refractivity contribution < 1.29 is 19.1 Å². The van der Waals surface area contributed by atoms with Gasteiger partial charge in [-0.1, -0.05) is 26.2 Å². The van der Waals surface area contributed by atoms with Gasteiger partial charge in [0.15, 0.2) is 0 Å². The van der Waals surface area contributed by atoms with E-state index in [-0.39, 0.29) is 24.6 Å². The average molecular weight is 230 g/mol. The van der Waals surface area contributed by atoms with E-state index in [0.717, 1.165) is 19.3 Å². The lowest BCUT2D eigenvalue weighted by Crippen LogP contribution is -2.23. The van der Waals surface area contributed by atoms with Gasteiger partial charge in [-0.2, -0.15) is 0 Å². The fourth-order valence-electron chi connectivity index (χ4n) is 1.42. The van der Waals surface area contributed by atoms with Crippen molar-refractivity contribution in [2.24, 2.45) is 0 Å². The van der Waals surface area contributed by atoms with Gasteiger partial charge in [0.05, 0.1) is 0 Å². The average Bonchev–Trinajstić information content (AvgIpc) is 2.19. The summed E-state index contributed by atoms with van der Waals surface area (Å²) < 4.78 is 9.91. The second kappa shape index (κ2) is 9.19. The topological polar surface area (TPSA) is 52.6 Å². The van der Waals surface area contributed by atoms with Gasteiger partial charge in [0, 0.05) is 13.8 Å². The van der Waals surface area contributed by atoms with E-state index in [0.29, 0.717) is 0 Å². The quantitative estimate of drug-likeness (QED) is 0.475. The lowest BCUT2D eigenvalue weighted by Gasteiger charge is -2.16. The van der Waals surface area contributed by atoms with Crippen molar-refractivity contribution in [3.05, 3.63) is 0 Å². The van der Waals surface area contributed by atoms with Crippen LogP contribution in [0.5, 0.6) is 0 Å². The summed E-state index contributed by atoms with van der Waals surface area (Å²) in [5.74, 6) is -0.668. The maximum atomic E-state index is 10.8.